The van der Waals surface area contributed by atoms with Crippen LogP contribution in [0, 0.1) is 0 Å². The molecule has 4 rings (SSSR count). The molecule has 29 heavy (non-hydrogen) atoms. The number of ether oxygens (including phenoxy) is 2. The third-order valence-electron chi connectivity index (χ3n) is 4.59. The van der Waals surface area contributed by atoms with Crippen LogP contribution in [-0.4, -0.2) is 37.2 Å². The number of nitrogens with one attached hydrogen (secondary N) is 1. The highest BCUT2D eigenvalue weighted by Crippen LogP contribution is 2.34. The smallest absolute Gasteiger partial charge is 0.277 e. The van der Waals surface area contributed by atoms with Gasteiger partial charge in [0.15, 0.2) is 18.1 Å². The van der Waals surface area contributed by atoms with E-state index in [1.807, 2.05) is 19.1 Å². The fourth-order valence-corrected chi connectivity index (χ4v) is 3.10. The van der Waals surface area contributed by atoms with Gasteiger partial charge in [-0.05, 0) is 49.4 Å². The predicted molar refractivity (Wildman–Crippen MR) is 106 cm³/mol. The third-order valence-corrected chi connectivity index (χ3v) is 4.59. The minimum atomic E-state index is -0.417. The van der Waals surface area contributed by atoms with Crippen LogP contribution in [0.2, 0.25) is 0 Å². The Kier molecular flexibility index (Phi) is 4.90. The van der Waals surface area contributed by atoms with Gasteiger partial charge in [-0.3, -0.25) is 9.59 Å². The summed E-state index contributed by atoms with van der Waals surface area (Å²) >= 11 is 0. The van der Waals surface area contributed by atoms with Gasteiger partial charge < -0.3 is 24.2 Å². The van der Waals surface area contributed by atoms with Gasteiger partial charge in [-0.2, -0.15) is 0 Å². The zero-order valence-corrected chi connectivity index (χ0v) is 16.0. The van der Waals surface area contributed by atoms with Crippen LogP contribution in [-0.2, 0) is 4.79 Å². The Morgan fingerprint density at radius 3 is 2.72 bits per heavy atom. The molecule has 1 aliphatic rings. The van der Waals surface area contributed by atoms with E-state index in [4.69, 9.17) is 14.0 Å². The molecule has 8 heteroatoms. The van der Waals surface area contributed by atoms with Crippen molar-refractivity contribution in [3.8, 4) is 22.8 Å². The van der Waals surface area contributed by atoms with Crippen LogP contribution < -0.4 is 19.7 Å². The second-order valence-corrected chi connectivity index (χ2v) is 6.37. The van der Waals surface area contributed by atoms with Crippen molar-refractivity contribution in [2.45, 2.75) is 6.92 Å². The Hall–Kier alpha value is -3.81. The minimum absolute atomic E-state index is 0.0135. The van der Waals surface area contributed by atoms with Crippen molar-refractivity contribution in [3.05, 3.63) is 54.2 Å². The fourth-order valence-electron chi connectivity index (χ4n) is 3.10. The normalized spacial score (nSPS) is 12.9. The standard InChI is InChI=1S/C21H19N3O5/c1-3-24-17-10-14(6-9-18(17)28-12-20(24)25)22-21(26)16-11-19(29-23-16)13-4-7-15(27-2)8-5-13/h4-11H,3,12H2,1-2H3,(H,22,26). The number of hydrogen-bond donors (Lipinski definition) is 1. The summed E-state index contributed by atoms with van der Waals surface area (Å²) in [6, 6.07) is 14.0. The number of rotatable bonds is 5. The zero-order valence-electron chi connectivity index (χ0n) is 16.0. The number of carbonyl (C=O) groups excluding carboxylic acids is 2. The van der Waals surface area contributed by atoms with Crippen LogP contribution in [0.15, 0.2) is 53.1 Å². The van der Waals surface area contributed by atoms with Gasteiger partial charge in [-0.25, -0.2) is 0 Å². The Labute approximate surface area is 167 Å². The van der Waals surface area contributed by atoms with E-state index in [0.29, 0.717) is 29.4 Å². The van der Waals surface area contributed by atoms with E-state index in [1.54, 1.807) is 48.4 Å². The summed E-state index contributed by atoms with van der Waals surface area (Å²) in [5.41, 5.74) is 2.08. The molecular formula is C21H19N3O5. The molecule has 0 bridgehead atoms. The second-order valence-electron chi connectivity index (χ2n) is 6.37. The maximum atomic E-state index is 12.6. The Morgan fingerprint density at radius 1 is 1.21 bits per heavy atom. The summed E-state index contributed by atoms with van der Waals surface area (Å²) < 4.78 is 15.9. The highest BCUT2D eigenvalue weighted by molar-refractivity contribution is 6.04. The first kappa shape index (κ1) is 18.5. The molecule has 3 aromatic rings. The highest BCUT2D eigenvalue weighted by atomic mass is 16.5. The van der Waals surface area contributed by atoms with E-state index in [2.05, 4.69) is 10.5 Å². The van der Waals surface area contributed by atoms with Crippen LogP contribution in [0.1, 0.15) is 17.4 Å². The lowest BCUT2D eigenvalue weighted by Crippen LogP contribution is -2.38. The lowest BCUT2D eigenvalue weighted by atomic mass is 10.1. The topological polar surface area (TPSA) is 93.9 Å². The number of fused-ring (bicyclic) bond motifs is 1. The van der Waals surface area contributed by atoms with E-state index in [9.17, 15) is 9.59 Å². The van der Waals surface area contributed by atoms with Crippen molar-refractivity contribution in [1.29, 1.82) is 0 Å². The van der Waals surface area contributed by atoms with Gasteiger partial charge >= 0.3 is 0 Å². The van der Waals surface area contributed by atoms with Crippen LogP contribution in [0.4, 0.5) is 11.4 Å². The Bertz CT molecular complexity index is 1060. The average Bonchev–Trinajstić information content (AvgIpc) is 3.24. The molecule has 0 fully saturated rings. The van der Waals surface area contributed by atoms with Crippen molar-refractivity contribution in [2.75, 3.05) is 30.5 Å². The fraction of sp³-hybridized carbons (Fsp3) is 0.190. The zero-order chi connectivity index (χ0) is 20.4. The number of nitrogens with zero attached hydrogens (tertiary/aromatic N) is 2. The molecule has 2 amide bonds. The van der Waals surface area contributed by atoms with E-state index in [0.717, 1.165) is 11.3 Å². The Morgan fingerprint density at radius 2 is 2.00 bits per heavy atom. The number of likely N-dealkylation sites (N-methyl/N-ethyl adjacent to an activating group) is 1. The largest absolute Gasteiger partial charge is 0.497 e. The van der Waals surface area contributed by atoms with Gasteiger partial charge in [0, 0.05) is 23.9 Å². The molecular weight excluding hydrogens is 374 g/mol. The first-order valence-electron chi connectivity index (χ1n) is 9.08. The predicted octanol–water partition coefficient (Wildman–Crippen LogP) is 3.35. The number of anilines is 2. The van der Waals surface area contributed by atoms with E-state index in [1.165, 1.54) is 0 Å². The van der Waals surface area contributed by atoms with Crippen LogP contribution in [0.25, 0.3) is 11.3 Å². The molecule has 0 saturated heterocycles. The van der Waals surface area contributed by atoms with Gasteiger partial charge in [0.05, 0.1) is 12.8 Å². The quantitative estimate of drug-likeness (QED) is 0.714. The summed E-state index contributed by atoms with van der Waals surface area (Å²) in [5.74, 6) is 1.26. The number of methoxy groups -OCH3 is 1. The number of amides is 2. The molecule has 0 aliphatic carbocycles. The van der Waals surface area contributed by atoms with Gasteiger partial charge in [-0.15, -0.1) is 0 Å². The second kappa shape index (κ2) is 7.67. The van der Waals surface area contributed by atoms with E-state index in [-0.39, 0.29) is 18.2 Å². The number of carbonyl (C=O) groups is 2. The molecule has 0 unspecified atom stereocenters. The molecule has 1 N–H and O–H groups in total. The van der Waals surface area contributed by atoms with Gasteiger partial charge in [0.1, 0.15) is 11.5 Å². The maximum Gasteiger partial charge on any atom is 0.277 e. The maximum absolute atomic E-state index is 12.6. The first-order chi connectivity index (χ1) is 14.1. The molecule has 8 nitrogen and oxygen atoms in total. The molecule has 1 aromatic heterocycles. The highest BCUT2D eigenvalue weighted by Gasteiger charge is 2.25. The molecule has 2 aromatic carbocycles. The van der Waals surface area contributed by atoms with Crippen LogP contribution in [0.3, 0.4) is 0 Å². The van der Waals surface area contributed by atoms with Crippen molar-refractivity contribution in [3.63, 3.8) is 0 Å². The molecule has 0 saturated carbocycles. The summed E-state index contributed by atoms with van der Waals surface area (Å²) in [4.78, 5) is 26.2. The van der Waals surface area contributed by atoms with E-state index < -0.39 is 5.91 Å². The lowest BCUT2D eigenvalue weighted by Gasteiger charge is -2.28. The van der Waals surface area contributed by atoms with Gasteiger partial charge in [-0.1, -0.05) is 5.16 Å². The van der Waals surface area contributed by atoms with Crippen molar-refractivity contribution in [2.24, 2.45) is 0 Å². The van der Waals surface area contributed by atoms with Gasteiger partial charge in [0.2, 0.25) is 0 Å². The van der Waals surface area contributed by atoms with Crippen LogP contribution >= 0.6 is 0 Å². The summed E-state index contributed by atoms with van der Waals surface area (Å²) in [6.45, 7) is 2.41. The van der Waals surface area contributed by atoms with Crippen molar-refractivity contribution in [1.82, 2.24) is 5.16 Å². The molecule has 1 aliphatic heterocycles. The van der Waals surface area contributed by atoms with E-state index >= 15 is 0 Å². The molecule has 0 spiro atoms. The molecule has 148 valence electrons. The minimum Gasteiger partial charge on any atom is -0.497 e. The summed E-state index contributed by atoms with van der Waals surface area (Å²) in [6.07, 6.45) is 0. The SMILES string of the molecule is CCN1C(=O)COc2ccc(NC(=O)c3cc(-c4ccc(OC)cc4)on3)cc21. The monoisotopic (exact) mass is 393 g/mol. The lowest BCUT2D eigenvalue weighted by molar-refractivity contribution is -0.121. The number of aromatic nitrogens is 1. The van der Waals surface area contributed by atoms with Crippen molar-refractivity contribution < 1.29 is 23.6 Å². The van der Waals surface area contributed by atoms with Crippen LogP contribution in [0.5, 0.6) is 11.5 Å². The third kappa shape index (κ3) is 3.64. The summed E-state index contributed by atoms with van der Waals surface area (Å²) in [5, 5.41) is 6.63. The molecule has 0 radical (unpaired) electrons. The van der Waals surface area contributed by atoms with Crippen molar-refractivity contribution >= 4 is 23.2 Å². The number of hydrogen-bond acceptors (Lipinski definition) is 6. The Balaban J connectivity index is 1.52. The number of benzene rings is 2. The average molecular weight is 393 g/mol. The molecule has 0 atom stereocenters. The molecule has 2 heterocycles. The summed E-state index contributed by atoms with van der Waals surface area (Å²) in [7, 11) is 1.59. The van der Waals surface area contributed by atoms with Gasteiger partial charge in [0.25, 0.3) is 11.8 Å². The first-order valence-corrected chi connectivity index (χ1v) is 9.08.